The summed E-state index contributed by atoms with van der Waals surface area (Å²) in [5.41, 5.74) is -1.16. The van der Waals surface area contributed by atoms with Crippen LogP contribution in [0.1, 0.15) is 78.1 Å². The molecule has 2 saturated carbocycles. The average Bonchev–Trinajstić information content (AvgIpc) is 2.91. The summed E-state index contributed by atoms with van der Waals surface area (Å²) in [6.07, 6.45) is 5.36. The second kappa shape index (κ2) is 12.2. The van der Waals surface area contributed by atoms with Crippen LogP contribution in [0.2, 0.25) is 0 Å². The number of rotatable bonds is 9. The quantitative estimate of drug-likeness (QED) is 0.294. The Morgan fingerprint density at radius 1 is 0.684 bits per heavy atom. The second-order valence-corrected chi connectivity index (χ2v) is 10.8. The lowest BCUT2D eigenvalue weighted by Crippen LogP contribution is -2.38. The van der Waals surface area contributed by atoms with E-state index in [0.717, 1.165) is 43.0 Å². The first kappa shape index (κ1) is 28.6. The summed E-state index contributed by atoms with van der Waals surface area (Å²) >= 11 is 0. The minimum Gasteiger partial charge on any atom is -0.491 e. The van der Waals surface area contributed by atoms with Gasteiger partial charge >= 0.3 is 6.11 Å². The van der Waals surface area contributed by atoms with Crippen LogP contribution < -0.4 is 9.47 Å². The van der Waals surface area contributed by atoms with E-state index in [0.29, 0.717) is 24.7 Å². The molecule has 2 fully saturated rings. The Morgan fingerprint density at radius 2 is 1.18 bits per heavy atom. The Morgan fingerprint density at radius 3 is 1.71 bits per heavy atom. The summed E-state index contributed by atoms with van der Waals surface area (Å²) < 4.78 is 98.1. The fourth-order valence-corrected chi connectivity index (χ4v) is 6.34. The van der Waals surface area contributed by atoms with Gasteiger partial charge in [-0.05, 0) is 87.5 Å². The van der Waals surface area contributed by atoms with Crippen molar-refractivity contribution in [2.24, 2.45) is 23.7 Å². The predicted molar refractivity (Wildman–Crippen MR) is 134 cm³/mol. The molecule has 2 aromatic rings. The highest BCUT2D eigenvalue weighted by Gasteiger charge is 2.45. The summed E-state index contributed by atoms with van der Waals surface area (Å²) in [7, 11) is 0. The van der Waals surface area contributed by atoms with Crippen molar-refractivity contribution in [3.05, 3.63) is 47.5 Å². The standard InChI is InChI=1S/C30H36F6O2/c1-3-5-18-6-8-19(9-7-18)20-10-12-21(13-11-20)30(35,36)38-25-17-15-23(27(32)29(25)34)22-14-16-24(37-4-2)28(33)26(22)31/h14-21H,3-13H2,1-2H3. The molecule has 0 heterocycles. The third kappa shape index (κ3) is 6.09. The lowest BCUT2D eigenvalue weighted by atomic mass is 9.68. The fourth-order valence-electron chi connectivity index (χ4n) is 6.34. The molecule has 2 aliphatic carbocycles. The van der Waals surface area contributed by atoms with Crippen molar-refractivity contribution in [3.8, 4) is 22.6 Å². The molecule has 0 atom stereocenters. The zero-order valence-electron chi connectivity index (χ0n) is 22.0. The van der Waals surface area contributed by atoms with Crippen LogP contribution in [0.25, 0.3) is 11.1 Å². The predicted octanol–water partition coefficient (Wildman–Crippen LogP) is 9.69. The number of alkyl halides is 2. The van der Waals surface area contributed by atoms with Crippen molar-refractivity contribution in [1.82, 2.24) is 0 Å². The molecule has 0 aliphatic heterocycles. The summed E-state index contributed by atoms with van der Waals surface area (Å²) in [5, 5.41) is 0. The molecule has 0 radical (unpaired) electrons. The molecule has 38 heavy (non-hydrogen) atoms. The van der Waals surface area contributed by atoms with Crippen molar-refractivity contribution in [1.29, 1.82) is 0 Å². The first-order chi connectivity index (χ1) is 18.2. The molecule has 0 spiro atoms. The molecular weight excluding hydrogens is 506 g/mol. The van der Waals surface area contributed by atoms with Crippen LogP contribution in [-0.2, 0) is 0 Å². The molecule has 2 aliphatic rings. The largest absolute Gasteiger partial charge is 0.491 e. The zero-order chi connectivity index (χ0) is 27.4. The minimum atomic E-state index is -3.69. The lowest BCUT2D eigenvalue weighted by Gasteiger charge is -2.39. The highest BCUT2D eigenvalue weighted by molar-refractivity contribution is 5.67. The van der Waals surface area contributed by atoms with E-state index in [-0.39, 0.29) is 25.2 Å². The monoisotopic (exact) mass is 542 g/mol. The summed E-state index contributed by atoms with van der Waals surface area (Å²) in [4.78, 5) is 0. The molecule has 4 rings (SSSR count). The van der Waals surface area contributed by atoms with Crippen molar-refractivity contribution in [2.75, 3.05) is 6.61 Å². The van der Waals surface area contributed by atoms with E-state index in [1.807, 2.05) is 0 Å². The van der Waals surface area contributed by atoms with Gasteiger partial charge < -0.3 is 9.47 Å². The van der Waals surface area contributed by atoms with Gasteiger partial charge in [-0.3, -0.25) is 0 Å². The van der Waals surface area contributed by atoms with Gasteiger partial charge in [0.1, 0.15) is 0 Å². The Balaban J connectivity index is 1.41. The topological polar surface area (TPSA) is 18.5 Å². The van der Waals surface area contributed by atoms with Crippen molar-refractivity contribution in [2.45, 2.75) is 84.2 Å². The molecule has 0 bridgehead atoms. The molecule has 2 aromatic carbocycles. The normalized spacial score (nSPS) is 24.3. The van der Waals surface area contributed by atoms with Crippen LogP contribution >= 0.6 is 0 Å². The van der Waals surface area contributed by atoms with E-state index in [1.54, 1.807) is 6.92 Å². The highest BCUT2D eigenvalue weighted by atomic mass is 19.3. The maximum atomic E-state index is 15.0. The smallest absolute Gasteiger partial charge is 0.400 e. The van der Waals surface area contributed by atoms with Crippen LogP contribution in [0.4, 0.5) is 26.3 Å². The van der Waals surface area contributed by atoms with Gasteiger partial charge in [0.25, 0.3) is 0 Å². The summed E-state index contributed by atoms with van der Waals surface area (Å²) in [6, 6.07) is 3.88. The van der Waals surface area contributed by atoms with Gasteiger partial charge in [-0.2, -0.15) is 17.6 Å². The van der Waals surface area contributed by atoms with Gasteiger partial charge in [0.15, 0.2) is 23.1 Å². The van der Waals surface area contributed by atoms with Gasteiger partial charge in [-0.25, -0.2) is 8.78 Å². The maximum Gasteiger partial charge on any atom is 0.400 e. The Bertz CT molecular complexity index is 1090. The minimum absolute atomic E-state index is 0.0840. The molecule has 0 N–H and O–H groups in total. The maximum absolute atomic E-state index is 15.0. The molecule has 2 nitrogen and oxygen atoms in total. The SMILES string of the molecule is CCCC1CCC(C2CCC(C(F)(F)Oc3ccc(-c4ccc(OCC)c(F)c4F)c(F)c3F)CC2)CC1. The number of hydrogen-bond acceptors (Lipinski definition) is 2. The molecule has 8 heteroatoms. The first-order valence-corrected chi connectivity index (χ1v) is 13.8. The second-order valence-electron chi connectivity index (χ2n) is 10.8. The van der Waals surface area contributed by atoms with Gasteiger partial charge in [-0.15, -0.1) is 0 Å². The average molecular weight is 543 g/mol. The van der Waals surface area contributed by atoms with Crippen LogP contribution in [0.3, 0.4) is 0 Å². The van der Waals surface area contributed by atoms with E-state index in [4.69, 9.17) is 9.47 Å². The molecule has 0 amide bonds. The number of halogens is 6. The number of hydrogen-bond donors (Lipinski definition) is 0. The van der Waals surface area contributed by atoms with Crippen molar-refractivity contribution in [3.63, 3.8) is 0 Å². The van der Waals surface area contributed by atoms with E-state index in [2.05, 4.69) is 6.92 Å². The van der Waals surface area contributed by atoms with Crippen LogP contribution in [0, 0.1) is 46.9 Å². The summed E-state index contributed by atoms with van der Waals surface area (Å²) in [5.74, 6) is -6.69. The molecule has 210 valence electrons. The van der Waals surface area contributed by atoms with Crippen LogP contribution in [0.15, 0.2) is 24.3 Å². The van der Waals surface area contributed by atoms with Crippen LogP contribution in [0.5, 0.6) is 11.5 Å². The van der Waals surface area contributed by atoms with E-state index in [9.17, 15) is 17.6 Å². The number of benzene rings is 2. The Labute approximate surface area is 220 Å². The third-order valence-corrected chi connectivity index (χ3v) is 8.43. The zero-order valence-corrected chi connectivity index (χ0v) is 22.0. The van der Waals surface area contributed by atoms with Gasteiger partial charge in [0.05, 0.1) is 12.5 Å². The Kier molecular flexibility index (Phi) is 9.19. The molecular formula is C30H36F6O2. The molecule has 0 unspecified atom stereocenters. The van der Waals surface area contributed by atoms with E-state index in [1.165, 1.54) is 25.7 Å². The summed E-state index contributed by atoms with van der Waals surface area (Å²) in [6.45, 7) is 3.87. The van der Waals surface area contributed by atoms with Gasteiger partial charge in [0, 0.05) is 11.1 Å². The van der Waals surface area contributed by atoms with Gasteiger partial charge in [0.2, 0.25) is 11.6 Å². The van der Waals surface area contributed by atoms with Crippen molar-refractivity contribution >= 4 is 0 Å². The third-order valence-electron chi connectivity index (χ3n) is 8.43. The molecule has 0 saturated heterocycles. The Hall–Kier alpha value is -2.38. The number of ether oxygens (including phenoxy) is 2. The van der Waals surface area contributed by atoms with Crippen LogP contribution in [-0.4, -0.2) is 12.7 Å². The van der Waals surface area contributed by atoms with Crippen molar-refractivity contribution < 1.29 is 35.8 Å². The lowest BCUT2D eigenvalue weighted by molar-refractivity contribution is -0.225. The highest BCUT2D eigenvalue weighted by Crippen LogP contribution is 2.46. The van der Waals surface area contributed by atoms with Gasteiger partial charge in [-0.1, -0.05) is 32.6 Å². The van der Waals surface area contributed by atoms with E-state index >= 15 is 8.78 Å². The molecule has 0 aromatic heterocycles. The van der Waals surface area contributed by atoms with E-state index < -0.39 is 52.2 Å². The first-order valence-electron chi connectivity index (χ1n) is 13.8. The fraction of sp³-hybridized carbons (Fsp3) is 0.600.